The van der Waals surface area contributed by atoms with Gasteiger partial charge >= 0.3 is 5.97 Å². The molecule has 1 atom stereocenters. The smallest absolute Gasteiger partial charge is 0.344 e. The number of carbonyl (C=O) groups is 2. The first-order chi connectivity index (χ1) is 17.7. The Labute approximate surface area is 234 Å². The van der Waals surface area contributed by atoms with Gasteiger partial charge in [-0.05, 0) is 91.2 Å². The van der Waals surface area contributed by atoms with Gasteiger partial charge in [0.05, 0.1) is 27.9 Å². The Balaban J connectivity index is 1.70. The van der Waals surface area contributed by atoms with E-state index in [0.717, 1.165) is 0 Å². The van der Waals surface area contributed by atoms with E-state index in [-0.39, 0.29) is 24.7 Å². The lowest BCUT2D eigenvalue weighted by Gasteiger charge is -2.22. The summed E-state index contributed by atoms with van der Waals surface area (Å²) in [7, 11) is -3.87. The van der Waals surface area contributed by atoms with E-state index in [4.69, 9.17) is 25.8 Å². The van der Waals surface area contributed by atoms with Gasteiger partial charge in [0.15, 0.2) is 18.1 Å². The fourth-order valence-corrected chi connectivity index (χ4v) is 6.24. The first-order valence-corrected chi connectivity index (χ1v) is 14.4. The van der Waals surface area contributed by atoms with Crippen LogP contribution < -0.4 is 14.9 Å². The number of halogens is 2. The molecule has 1 saturated heterocycles. The molecule has 1 aliphatic heterocycles. The molecule has 10 nitrogen and oxygen atoms in total. The lowest BCUT2D eigenvalue weighted by molar-refractivity contribution is -0.145. The number of hydrogen-bond donors (Lipinski definition) is 1. The molecule has 0 aliphatic carbocycles. The third kappa shape index (κ3) is 7.55. The van der Waals surface area contributed by atoms with E-state index < -0.39 is 27.9 Å². The van der Waals surface area contributed by atoms with Crippen molar-refractivity contribution < 1.29 is 32.2 Å². The number of ether oxygens (including phenoxy) is 3. The van der Waals surface area contributed by atoms with E-state index in [1.165, 1.54) is 34.8 Å². The number of nitrogens with zero attached hydrogens (tertiary/aromatic N) is 2. The van der Waals surface area contributed by atoms with Crippen molar-refractivity contribution in [3.05, 3.63) is 50.6 Å². The van der Waals surface area contributed by atoms with Crippen LogP contribution in [-0.2, 0) is 24.3 Å². The zero-order chi connectivity index (χ0) is 27.0. The zero-order valence-corrected chi connectivity index (χ0v) is 24.0. The van der Waals surface area contributed by atoms with Crippen molar-refractivity contribution in [2.24, 2.45) is 5.10 Å². The highest BCUT2D eigenvalue weighted by Gasteiger charge is 2.39. The maximum Gasteiger partial charge on any atom is 0.344 e. The summed E-state index contributed by atoms with van der Waals surface area (Å²) in [6.45, 7) is 4.12. The summed E-state index contributed by atoms with van der Waals surface area (Å²) < 4.78 is 44.1. The highest BCUT2D eigenvalue weighted by molar-refractivity contribution is 14.1. The summed E-state index contributed by atoms with van der Waals surface area (Å²) in [5.74, 6) is -0.221. The first kappa shape index (κ1) is 29.1. The molecule has 200 valence electrons. The van der Waals surface area contributed by atoms with Crippen LogP contribution in [0.5, 0.6) is 11.5 Å². The van der Waals surface area contributed by atoms with Gasteiger partial charge in [0.1, 0.15) is 6.04 Å². The molecule has 0 bridgehead atoms. The number of hydrazone groups is 1. The number of rotatable bonds is 11. The van der Waals surface area contributed by atoms with Crippen molar-refractivity contribution >= 4 is 62.3 Å². The summed E-state index contributed by atoms with van der Waals surface area (Å²) in [6.07, 6.45) is 2.36. The van der Waals surface area contributed by atoms with Gasteiger partial charge in [-0.2, -0.15) is 9.41 Å². The second-order valence-electron chi connectivity index (χ2n) is 7.82. The standard InChI is InChI=1S/C24H27ClIN3O7S/c1-3-34-21-13-16(12-19(26)23(21)36-15-22(30)35-4-2)14-27-28-24(31)20-6-5-11-29(20)37(32,33)18-9-7-17(25)8-10-18/h7-10,12-14,20H,3-6,11,15H2,1-2H3,(H,28,31)/b27-14-/t20-/m0/s1. The third-order valence-corrected chi connectivity index (χ3v) is 8.26. The predicted molar refractivity (Wildman–Crippen MR) is 147 cm³/mol. The molecular weight excluding hydrogens is 637 g/mol. The van der Waals surface area contributed by atoms with Crippen LogP contribution in [0.15, 0.2) is 46.4 Å². The van der Waals surface area contributed by atoms with Crippen molar-refractivity contribution in [3.63, 3.8) is 0 Å². The Kier molecular flexibility index (Phi) is 10.6. The van der Waals surface area contributed by atoms with Gasteiger partial charge < -0.3 is 14.2 Å². The van der Waals surface area contributed by atoms with Crippen molar-refractivity contribution in [1.82, 2.24) is 9.73 Å². The van der Waals surface area contributed by atoms with E-state index >= 15 is 0 Å². The molecular formula is C24H27ClIN3O7S. The summed E-state index contributed by atoms with van der Waals surface area (Å²) in [5, 5.41) is 4.44. The van der Waals surface area contributed by atoms with Crippen molar-refractivity contribution in [3.8, 4) is 11.5 Å². The molecule has 1 heterocycles. The Hall–Kier alpha value is -2.42. The van der Waals surface area contributed by atoms with Crippen molar-refractivity contribution in [2.45, 2.75) is 37.6 Å². The van der Waals surface area contributed by atoms with Crippen LogP contribution in [0.25, 0.3) is 0 Å². The molecule has 1 N–H and O–H groups in total. The average molecular weight is 664 g/mol. The number of benzene rings is 2. The maximum absolute atomic E-state index is 13.1. The molecule has 0 spiro atoms. The lowest BCUT2D eigenvalue weighted by atomic mass is 10.2. The molecule has 37 heavy (non-hydrogen) atoms. The Morgan fingerprint density at radius 2 is 1.92 bits per heavy atom. The number of amides is 1. The summed E-state index contributed by atoms with van der Waals surface area (Å²) >= 11 is 7.92. The number of esters is 1. The van der Waals surface area contributed by atoms with E-state index in [2.05, 4.69) is 10.5 Å². The van der Waals surface area contributed by atoms with Gasteiger partial charge in [0.2, 0.25) is 10.0 Å². The Morgan fingerprint density at radius 1 is 1.19 bits per heavy atom. The molecule has 0 saturated carbocycles. The molecule has 2 aromatic rings. The van der Waals surface area contributed by atoms with Crippen LogP contribution in [0.4, 0.5) is 0 Å². The number of hydrogen-bond acceptors (Lipinski definition) is 8. The van der Waals surface area contributed by atoms with Crippen LogP contribution in [0.2, 0.25) is 5.02 Å². The zero-order valence-electron chi connectivity index (χ0n) is 20.3. The largest absolute Gasteiger partial charge is 0.490 e. The molecule has 0 radical (unpaired) electrons. The molecule has 0 unspecified atom stereocenters. The number of nitrogens with one attached hydrogen (secondary N) is 1. The minimum atomic E-state index is -3.87. The highest BCUT2D eigenvalue weighted by atomic mass is 127. The van der Waals surface area contributed by atoms with Gasteiger partial charge in [0, 0.05) is 11.6 Å². The van der Waals surface area contributed by atoms with Crippen LogP contribution >= 0.6 is 34.2 Å². The molecule has 3 rings (SSSR count). The van der Waals surface area contributed by atoms with E-state index in [0.29, 0.717) is 45.1 Å². The number of sulfonamides is 1. The Bertz CT molecular complexity index is 1260. The first-order valence-electron chi connectivity index (χ1n) is 11.5. The topological polar surface area (TPSA) is 124 Å². The van der Waals surface area contributed by atoms with Gasteiger partial charge in [-0.25, -0.2) is 18.6 Å². The number of carbonyl (C=O) groups excluding carboxylic acids is 2. The normalized spacial score (nSPS) is 16.1. The monoisotopic (exact) mass is 663 g/mol. The average Bonchev–Trinajstić information content (AvgIpc) is 3.35. The minimum Gasteiger partial charge on any atom is -0.490 e. The van der Waals surface area contributed by atoms with Gasteiger partial charge in [-0.1, -0.05) is 11.6 Å². The van der Waals surface area contributed by atoms with Gasteiger partial charge in [-0.15, -0.1) is 0 Å². The molecule has 0 aromatic heterocycles. The van der Waals surface area contributed by atoms with Crippen LogP contribution in [-0.4, -0.2) is 63.2 Å². The lowest BCUT2D eigenvalue weighted by Crippen LogP contribution is -2.44. The molecule has 1 aliphatic rings. The Morgan fingerprint density at radius 3 is 2.59 bits per heavy atom. The second kappa shape index (κ2) is 13.4. The van der Waals surface area contributed by atoms with E-state index in [1.807, 2.05) is 29.5 Å². The maximum atomic E-state index is 13.1. The predicted octanol–water partition coefficient (Wildman–Crippen LogP) is 3.59. The van der Waals surface area contributed by atoms with Crippen molar-refractivity contribution in [2.75, 3.05) is 26.4 Å². The highest BCUT2D eigenvalue weighted by Crippen LogP contribution is 2.34. The molecule has 1 fully saturated rings. The molecule has 13 heteroatoms. The summed E-state index contributed by atoms with van der Waals surface area (Å²) in [6, 6.07) is 8.35. The third-order valence-electron chi connectivity index (χ3n) is 5.29. The summed E-state index contributed by atoms with van der Waals surface area (Å²) in [5.41, 5.74) is 3.05. The second-order valence-corrected chi connectivity index (χ2v) is 11.3. The van der Waals surface area contributed by atoms with Crippen LogP contribution in [0.3, 0.4) is 0 Å². The van der Waals surface area contributed by atoms with Crippen molar-refractivity contribution in [1.29, 1.82) is 0 Å². The SMILES string of the molecule is CCOC(=O)COc1c(I)cc(/C=N\NC(=O)[C@@H]2CCCN2S(=O)(=O)c2ccc(Cl)cc2)cc1OCC. The van der Waals surface area contributed by atoms with Gasteiger partial charge in [-0.3, -0.25) is 4.79 Å². The fourth-order valence-electron chi connectivity index (χ4n) is 3.68. The molecule has 2 aromatic carbocycles. The van der Waals surface area contributed by atoms with Gasteiger partial charge in [0.25, 0.3) is 5.91 Å². The fraction of sp³-hybridized carbons (Fsp3) is 0.375. The van der Waals surface area contributed by atoms with E-state index in [9.17, 15) is 18.0 Å². The van der Waals surface area contributed by atoms with Crippen LogP contribution in [0, 0.1) is 3.57 Å². The summed E-state index contributed by atoms with van der Waals surface area (Å²) in [4.78, 5) is 24.6. The van der Waals surface area contributed by atoms with Crippen LogP contribution in [0.1, 0.15) is 32.3 Å². The van der Waals surface area contributed by atoms with E-state index in [1.54, 1.807) is 19.1 Å². The minimum absolute atomic E-state index is 0.0726. The molecule has 1 amide bonds. The quantitative estimate of drug-likeness (QED) is 0.169.